The summed E-state index contributed by atoms with van der Waals surface area (Å²) in [6, 6.07) is 6.80. The molecule has 1 aromatic rings. The fourth-order valence-electron chi connectivity index (χ4n) is 2.81. The van der Waals surface area contributed by atoms with Gasteiger partial charge in [-0.1, -0.05) is 26.0 Å². The quantitative estimate of drug-likeness (QED) is 0.781. The Balaban J connectivity index is 1.89. The summed E-state index contributed by atoms with van der Waals surface area (Å²) in [5.74, 6) is 0.720. The van der Waals surface area contributed by atoms with Crippen LogP contribution in [0.4, 0.5) is 5.69 Å². The first-order valence-corrected chi connectivity index (χ1v) is 8.29. The van der Waals surface area contributed by atoms with Crippen LogP contribution in [-0.4, -0.2) is 26.3 Å². The normalized spacial score (nSPS) is 16.1. The van der Waals surface area contributed by atoms with E-state index in [0.29, 0.717) is 0 Å². The third-order valence-electron chi connectivity index (χ3n) is 4.19. The highest BCUT2D eigenvalue weighted by atomic mass is 16.5. The van der Waals surface area contributed by atoms with Gasteiger partial charge in [0.25, 0.3) is 0 Å². The monoisotopic (exact) mass is 290 g/mol. The molecule has 0 bridgehead atoms. The number of rotatable bonds is 7. The zero-order valence-corrected chi connectivity index (χ0v) is 13.8. The second kappa shape index (κ2) is 7.81. The molecule has 0 spiro atoms. The van der Waals surface area contributed by atoms with Crippen LogP contribution >= 0.6 is 0 Å². The van der Waals surface area contributed by atoms with Gasteiger partial charge < -0.3 is 15.4 Å². The van der Waals surface area contributed by atoms with Crippen LogP contribution in [0.1, 0.15) is 50.8 Å². The van der Waals surface area contributed by atoms with E-state index in [1.807, 2.05) is 6.92 Å². The first-order valence-electron chi connectivity index (χ1n) is 8.29. The van der Waals surface area contributed by atoms with Crippen LogP contribution in [0.3, 0.4) is 0 Å². The molecule has 3 nitrogen and oxygen atoms in total. The number of fused-ring (bicyclic) bond motifs is 1. The highest BCUT2D eigenvalue weighted by molar-refractivity contribution is 5.57. The molecule has 2 N–H and O–H groups in total. The Labute approximate surface area is 129 Å². The lowest BCUT2D eigenvalue weighted by Crippen LogP contribution is -2.32. The van der Waals surface area contributed by atoms with E-state index < -0.39 is 0 Å². The van der Waals surface area contributed by atoms with Crippen LogP contribution in [0.15, 0.2) is 18.2 Å². The number of benzene rings is 1. The van der Waals surface area contributed by atoms with Gasteiger partial charge in [0.2, 0.25) is 0 Å². The van der Waals surface area contributed by atoms with E-state index in [4.69, 9.17) is 10.5 Å². The molecule has 2 rings (SSSR count). The summed E-state index contributed by atoms with van der Waals surface area (Å²) >= 11 is 0. The number of nitrogens with zero attached hydrogens (tertiary/aromatic N) is 1. The number of ether oxygens (including phenoxy) is 1. The van der Waals surface area contributed by atoms with Crippen molar-refractivity contribution in [2.75, 3.05) is 31.2 Å². The molecule has 1 aromatic carbocycles. The summed E-state index contributed by atoms with van der Waals surface area (Å²) in [6.45, 7) is 10.3. The molecular weight excluding hydrogens is 260 g/mol. The van der Waals surface area contributed by atoms with E-state index in [1.54, 1.807) is 0 Å². The minimum absolute atomic E-state index is 0.116. The summed E-state index contributed by atoms with van der Waals surface area (Å²) in [5.41, 5.74) is 10.0. The first-order chi connectivity index (χ1) is 10.1. The van der Waals surface area contributed by atoms with Gasteiger partial charge >= 0.3 is 0 Å². The summed E-state index contributed by atoms with van der Waals surface area (Å²) in [6.07, 6.45) is 3.54. The van der Waals surface area contributed by atoms with Crippen molar-refractivity contribution in [2.24, 2.45) is 11.7 Å². The Morgan fingerprint density at radius 3 is 2.76 bits per heavy atom. The van der Waals surface area contributed by atoms with Crippen molar-refractivity contribution in [3.63, 3.8) is 0 Å². The predicted octanol–water partition coefficient (Wildman–Crippen LogP) is 3.52. The summed E-state index contributed by atoms with van der Waals surface area (Å²) in [5, 5.41) is 0. The van der Waals surface area contributed by atoms with Crippen molar-refractivity contribution in [3.8, 4) is 0 Å². The Morgan fingerprint density at radius 2 is 2.05 bits per heavy atom. The lowest BCUT2D eigenvalue weighted by molar-refractivity contribution is 0.129. The highest BCUT2D eigenvalue weighted by Gasteiger charge is 2.17. The molecule has 0 saturated heterocycles. The fourth-order valence-corrected chi connectivity index (χ4v) is 2.81. The molecule has 0 aromatic heterocycles. The van der Waals surface area contributed by atoms with Crippen molar-refractivity contribution in [1.29, 1.82) is 0 Å². The molecule has 1 aliphatic heterocycles. The van der Waals surface area contributed by atoms with Gasteiger partial charge in [-0.2, -0.15) is 0 Å². The molecule has 1 unspecified atom stereocenters. The summed E-state index contributed by atoms with van der Waals surface area (Å²) in [7, 11) is 0. The SMILES string of the molecule is CC(C)CCOCCN1CCCc2cc(C(C)N)ccc21. The Kier molecular flexibility index (Phi) is 6.07. The van der Waals surface area contributed by atoms with E-state index in [-0.39, 0.29) is 6.04 Å². The number of hydrogen-bond acceptors (Lipinski definition) is 3. The summed E-state index contributed by atoms with van der Waals surface area (Å²) in [4.78, 5) is 2.46. The predicted molar refractivity (Wildman–Crippen MR) is 89.9 cm³/mol. The van der Waals surface area contributed by atoms with Crippen molar-refractivity contribution in [3.05, 3.63) is 29.3 Å². The van der Waals surface area contributed by atoms with Crippen LogP contribution in [0, 0.1) is 5.92 Å². The van der Waals surface area contributed by atoms with Crippen LogP contribution in [0.25, 0.3) is 0 Å². The number of aryl methyl sites for hydroxylation is 1. The van der Waals surface area contributed by atoms with E-state index in [0.717, 1.165) is 38.6 Å². The second-order valence-electron chi connectivity index (χ2n) is 6.56. The smallest absolute Gasteiger partial charge is 0.0641 e. The van der Waals surface area contributed by atoms with E-state index in [1.165, 1.54) is 29.7 Å². The largest absolute Gasteiger partial charge is 0.380 e. The molecule has 3 heteroatoms. The maximum absolute atomic E-state index is 5.99. The Bertz CT molecular complexity index is 443. The molecule has 21 heavy (non-hydrogen) atoms. The minimum atomic E-state index is 0.116. The standard InChI is InChI=1S/C18H30N2O/c1-14(2)8-11-21-12-10-20-9-4-5-17-13-16(15(3)19)6-7-18(17)20/h6-7,13-15H,4-5,8-12,19H2,1-3H3. The summed E-state index contributed by atoms with van der Waals surface area (Å²) < 4.78 is 5.76. The maximum Gasteiger partial charge on any atom is 0.0641 e. The minimum Gasteiger partial charge on any atom is -0.380 e. The zero-order chi connectivity index (χ0) is 15.2. The third kappa shape index (κ3) is 4.72. The van der Waals surface area contributed by atoms with Crippen molar-refractivity contribution in [1.82, 2.24) is 0 Å². The third-order valence-corrected chi connectivity index (χ3v) is 4.19. The van der Waals surface area contributed by atoms with Gasteiger partial charge in [-0.3, -0.25) is 0 Å². The fraction of sp³-hybridized carbons (Fsp3) is 0.667. The van der Waals surface area contributed by atoms with E-state index >= 15 is 0 Å². The van der Waals surface area contributed by atoms with Gasteiger partial charge in [0.1, 0.15) is 0 Å². The van der Waals surface area contributed by atoms with E-state index in [2.05, 4.69) is 36.9 Å². The highest BCUT2D eigenvalue weighted by Crippen LogP contribution is 2.29. The van der Waals surface area contributed by atoms with E-state index in [9.17, 15) is 0 Å². The van der Waals surface area contributed by atoms with Gasteiger partial charge in [0.15, 0.2) is 0 Å². The van der Waals surface area contributed by atoms with Crippen LogP contribution in [0.2, 0.25) is 0 Å². The van der Waals surface area contributed by atoms with Crippen LogP contribution in [0.5, 0.6) is 0 Å². The molecule has 0 radical (unpaired) electrons. The number of hydrogen-bond donors (Lipinski definition) is 1. The lowest BCUT2D eigenvalue weighted by atomic mass is 9.97. The number of anilines is 1. The molecule has 1 atom stereocenters. The van der Waals surface area contributed by atoms with Gasteiger partial charge in [0, 0.05) is 31.4 Å². The van der Waals surface area contributed by atoms with Gasteiger partial charge in [-0.05, 0) is 49.3 Å². The molecule has 1 heterocycles. The second-order valence-corrected chi connectivity index (χ2v) is 6.56. The average Bonchev–Trinajstić information content (AvgIpc) is 2.46. The van der Waals surface area contributed by atoms with Gasteiger partial charge in [0.05, 0.1) is 6.61 Å². The Hall–Kier alpha value is -1.06. The molecule has 0 fully saturated rings. The molecule has 0 saturated carbocycles. The lowest BCUT2D eigenvalue weighted by Gasteiger charge is -2.32. The van der Waals surface area contributed by atoms with Crippen molar-refractivity contribution in [2.45, 2.75) is 46.1 Å². The zero-order valence-electron chi connectivity index (χ0n) is 13.8. The van der Waals surface area contributed by atoms with Crippen molar-refractivity contribution >= 4 is 5.69 Å². The van der Waals surface area contributed by atoms with Crippen LogP contribution < -0.4 is 10.6 Å². The first kappa shape index (κ1) is 16.3. The maximum atomic E-state index is 5.99. The van der Waals surface area contributed by atoms with Gasteiger partial charge in [-0.25, -0.2) is 0 Å². The molecule has 0 aliphatic carbocycles. The molecule has 1 aliphatic rings. The molecule has 118 valence electrons. The molecule has 0 amide bonds. The molecular formula is C18H30N2O. The van der Waals surface area contributed by atoms with Crippen LogP contribution in [-0.2, 0) is 11.2 Å². The van der Waals surface area contributed by atoms with Gasteiger partial charge in [-0.15, -0.1) is 0 Å². The number of nitrogens with two attached hydrogens (primary N) is 1. The topological polar surface area (TPSA) is 38.5 Å². The van der Waals surface area contributed by atoms with Crippen molar-refractivity contribution < 1.29 is 4.74 Å². The Morgan fingerprint density at radius 1 is 1.24 bits per heavy atom. The average molecular weight is 290 g/mol.